The lowest BCUT2D eigenvalue weighted by molar-refractivity contribution is 1.28. The minimum atomic E-state index is 1.10. The molecule has 0 bridgehead atoms. The lowest BCUT2D eigenvalue weighted by Crippen LogP contribution is -2.10. The molecule has 10 rings (SSSR count). The summed E-state index contributed by atoms with van der Waals surface area (Å²) >= 11 is 0. The molecule has 0 N–H and O–H groups in total. The van der Waals surface area contributed by atoms with E-state index in [4.69, 9.17) is 0 Å². The molecule has 0 saturated heterocycles. The van der Waals surface area contributed by atoms with Crippen molar-refractivity contribution in [3.63, 3.8) is 0 Å². The van der Waals surface area contributed by atoms with Crippen LogP contribution < -0.4 is 4.90 Å². The highest BCUT2D eigenvalue weighted by Gasteiger charge is 2.18. The van der Waals surface area contributed by atoms with Gasteiger partial charge in [-0.1, -0.05) is 188 Å². The van der Waals surface area contributed by atoms with Gasteiger partial charge in [0.2, 0.25) is 0 Å². The van der Waals surface area contributed by atoms with Gasteiger partial charge in [-0.2, -0.15) is 0 Å². The first-order valence-corrected chi connectivity index (χ1v) is 18.9. The van der Waals surface area contributed by atoms with Gasteiger partial charge in [0.15, 0.2) is 0 Å². The first-order chi connectivity index (χ1) is 27.3. The number of rotatable bonds is 7. The van der Waals surface area contributed by atoms with E-state index in [1.54, 1.807) is 0 Å². The maximum Gasteiger partial charge on any atom is 0.0468 e. The minimum Gasteiger partial charge on any atom is -0.310 e. The highest BCUT2D eigenvalue weighted by atomic mass is 15.1. The fraction of sp³-hybridized carbons (Fsp3) is 0. The van der Waals surface area contributed by atoms with Crippen LogP contribution in [0.2, 0.25) is 0 Å². The topological polar surface area (TPSA) is 3.24 Å². The summed E-state index contributed by atoms with van der Waals surface area (Å²) in [5.41, 5.74) is 12.9. The normalized spacial score (nSPS) is 11.3. The van der Waals surface area contributed by atoms with E-state index in [9.17, 15) is 0 Å². The Balaban J connectivity index is 1.15. The summed E-state index contributed by atoms with van der Waals surface area (Å²) in [6, 6.07) is 81.4. The second-order valence-electron chi connectivity index (χ2n) is 14.1. The van der Waals surface area contributed by atoms with Crippen molar-refractivity contribution in [3.05, 3.63) is 224 Å². The molecule has 0 amide bonds. The molecule has 0 aliphatic carbocycles. The summed E-state index contributed by atoms with van der Waals surface area (Å²) in [5, 5.41) is 7.63. The van der Waals surface area contributed by atoms with Crippen LogP contribution in [0.15, 0.2) is 224 Å². The van der Waals surface area contributed by atoms with E-state index in [0.717, 1.165) is 17.1 Å². The van der Waals surface area contributed by atoms with E-state index in [1.165, 1.54) is 76.8 Å². The first kappa shape index (κ1) is 32.4. The Morgan fingerprint density at radius 1 is 0.218 bits per heavy atom. The fourth-order valence-corrected chi connectivity index (χ4v) is 8.17. The monoisotopic (exact) mass is 699 g/mol. The van der Waals surface area contributed by atoms with Crippen LogP contribution in [0.5, 0.6) is 0 Å². The van der Waals surface area contributed by atoms with Gasteiger partial charge in [0.05, 0.1) is 0 Å². The predicted octanol–water partition coefficient (Wildman–Crippen LogP) is 15.3. The average Bonchev–Trinajstić information content (AvgIpc) is 3.27. The number of nitrogens with zero attached hydrogens (tertiary/aromatic N) is 1. The number of hydrogen-bond acceptors (Lipinski definition) is 1. The first-order valence-electron chi connectivity index (χ1n) is 18.9. The zero-order valence-corrected chi connectivity index (χ0v) is 30.3. The largest absolute Gasteiger partial charge is 0.310 e. The molecule has 0 saturated carbocycles. The van der Waals surface area contributed by atoms with Crippen molar-refractivity contribution in [3.8, 4) is 44.5 Å². The van der Waals surface area contributed by atoms with Gasteiger partial charge in [-0.05, 0) is 113 Å². The zero-order valence-electron chi connectivity index (χ0n) is 30.3. The van der Waals surface area contributed by atoms with Gasteiger partial charge >= 0.3 is 0 Å². The third-order valence-electron chi connectivity index (χ3n) is 10.9. The number of fused-ring (bicyclic) bond motifs is 5. The van der Waals surface area contributed by atoms with Gasteiger partial charge in [-0.3, -0.25) is 0 Å². The quantitative estimate of drug-likeness (QED) is 0.150. The maximum atomic E-state index is 2.38. The van der Waals surface area contributed by atoms with Crippen LogP contribution in [-0.2, 0) is 0 Å². The molecule has 0 fully saturated rings. The molecule has 10 aromatic carbocycles. The molecule has 10 aromatic rings. The molecule has 258 valence electrons. The third-order valence-corrected chi connectivity index (χ3v) is 10.9. The van der Waals surface area contributed by atoms with Gasteiger partial charge in [0.1, 0.15) is 0 Å². The molecule has 55 heavy (non-hydrogen) atoms. The Bertz CT molecular complexity index is 2850. The van der Waals surface area contributed by atoms with Crippen molar-refractivity contribution >= 4 is 49.4 Å². The Labute approximate surface area is 322 Å². The van der Waals surface area contributed by atoms with Crippen molar-refractivity contribution in [2.45, 2.75) is 0 Å². The predicted molar refractivity (Wildman–Crippen MR) is 235 cm³/mol. The summed E-state index contributed by atoms with van der Waals surface area (Å²) in [4.78, 5) is 2.38. The van der Waals surface area contributed by atoms with E-state index in [2.05, 4.69) is 229 Å². The molecule has 0 radical (unpaired) electrons. The summed E-state index contributed by atoms with van der Waals surface area (Å²) < 4.78 is 0. The summed E-state index contributed by atoms with van der Waals surface area (Å²) in [6.45, 7) is 0. The molecule has 1 nitrogen and oxygen atoms in total. The van der Waals surface area contributed by atoms with Crippen LogP contribution in [0.1, 0.15) is 0 Å². The second kappa shape index (κ2) is 14.0. The molecular formula is C54H37N. The van der Waals surface area contributed by atoms with Crippen molar-refractivity contribution in [2.24, 2.45) is 0 Å². The van der Waals surface area contributed by atoms with Crippen molar-refractivity contribution < 1.29 is 0 Å². The lowest BCUT2D eigenvalue weighted by atomic mass is 9.89. The van der Waals surface area contributed by atoms with Crippen LogP contribution in [0.4, 0.5) is 17.1 Å². The Kier molecular flexibility index (Phi) is 8.24. The minimum absolute atomic E-state index is 1.10. The third kappa shape index (κ3) is 6.02. The summed E-state index contributed by atoms with van der Waals surface area (Å²) in [5.74, 6) is 0. The van der Waals surface area contributed by atoms with Gasteiger partial charge < -0.3 is 4.90 Å². The van der Waals surface area contributed by atoms with E-state index < -0.39 is 0 Å². The standard InChI is InChI=1S/C54H37N/c1-4-13-38(14-5-1)40-23-28-44(29-24-40)55(45-30-25-41(26-31-45)39-15-6-2-7-16-39)46-32-34-53(54(37-46)42-17-8-3-9-18-42)49-22-12-21-48-51-33-27-43-19-10-11-20-47(43)50(51)35-36-52(48)49/h1-37H. The molecule has 0 aromatic heterocycles. The molecule has 0 aliphatic rings. The SMILES string of the molecule is c1ccc(-c2ccc(N(c3ccc(-c4ccccc4)cc3)c3ccc(-c4cccc5c4ccc4c6ccccc6ccc54)c(-c4ccccc4)c3)cc2)cc1. The van der Waals surface area contributed by atoms with Crippen LogP contribution in [0, 0.1) is 0 Å². The second-order valence-corrected chi connectivity index (χ2v) is 14.1. The van der Waals surface area contributed by atoms with E-state index in [-0.39, 0.29) is 0 Å². The van der Waals surface area contributed by atoms with Crippen LogP contribution in [0.3, 0.4) is 0 Å². The van der Waals surface area contributed by atoms with Gasteiger partial charge in [0, 0.05) is 17.1 Å². The molecule has 0 spiro atoms. The van der Waals surface area contributed by atoms with Crippen LogP contribution in [-0.4, -0.2) is 0 Å². The van der Waals surface area contributed by atoms with Gasteiger partial charge in [-0.15, -0.1) is 0 Å². The van der Waals surface area contributed by atoms with E-state index >= 15 is 0 Å². The molecule has 0 aliphatic heterocycles. The summed E-state index contributed by atoms with van der Waals surface area (Å²) in [7, 11) is 0. The van der Waals surface area contributed by atoms with Gasteiger partial charge in [0.25, 0.3) is 0 Å². The van der Waals surface area contributed by atoms with Crippen LogP contribution >= 0.6 is 0 Å². The number of hydrogen-bond donors (Lipinski definition) is 0. The average molecular weight is 700 g/mol. The smallest absolute Gasteiger partial charge is 0.0468 e. The molecule has 1 heteroatoms. The van der Waals surface area contributed by atoms with E-state index in [0.29, 0.717) is 0 Å². The van der Waals surface area contributed by atoms with Crippen molar-refractivity contribution in [1.82, 2.24) is 0 Å². The number of benzene rings is 10. The molecule has 0 atom stereocenters. The highest BCUT2D eigenvalue weighted by molar-refractivity contribution is 6.19. The zero-order chi connectivity index (χ0) is 36.6. The van der Waals surface area contributed by atoms with E-state index in [1.807, 2.05) is 0 Å². The Hall–Kier alpha value is -7.22. The highest BCUT2D eigenvalue weighted by Crippen LogP contribution is 2.44. The van der Waals surface area contributed by atoms with Crippen molar-refractivity contribution in [2.75, 3.05) is 4.90 Å². The van der Waals surface area contributed by atoms with Crippen molar-refractivity contribution in [1.29, 1.82) is 0 Å². The Morgan fingerprint density at radius 2 is 0.673 bits per heavy atom. The fourth-order valence-electron chi connectivity index (χ4n) is 8.17. The van der Waals surface area contributed by atoms with Gasteiger partial charge in [-0.25, -0.2) is 0 Å². The molecule has 0 heterocycles. The maximum absolute atomic E-state index is 2.38. The lowest BCUT2D eigenvalue weighted by Gasteiger charge is -2.27. The van der Waals surface area contributed by atoms with Crippen LogP contribution in [0.25, 0.3) is 76.8 Å². The number of anilines is 3. The molecular weight excluding hydrogens is 663 g/mol. The Morgan fingerprint density at radius 3 is 1.31 bits per heavy atom. The molecule has 0 unspecified atom stereocenters. The summed E-state index contributed by atoms with van der Waals surface area (Å²) in [6.07, 6.45) is 0.